The lowest BCUT2D eigenvalue weighted by atomic mass is 10.4. The Kier molecular flexibility index (Phi) is 1.58. The molecule has 1 N–H and O–H groups in total. The van der Waals surface area contributed by atoms with Crippen LogP contribution in [0.1, 0.15) is 5.89 Å². The van der Waals surface area contributed by atoms with Crippen LogP contribution in [0.4, 0.5) is 0 Å². The molecule has 0 amide bonds. The number of nitrogens with zero attached hydrogens (tertiary/aromatic N) is 1. The molecule has 4 nitrogen and oxygen atoms in total. The number of aromatic nitrogens is 1. The zero-order valence-corrected chi connectivity index (χ0v) is 6.80. The van der Waals surface area contributed by atoms with Crippen LogP contribution in [0.25, 0.3) is 11.1 Å². The van der Waals surface area contributed by atoms with Crippen molar-refractivity contribution in [1.82, 2.24) is 4.98 Å². The van der Waals surface area contributed by atoms with Crippen LogP contribution in [0.5, 0.6) is 0 Å². The van der Waals surface area contributed by atoms with E-state index in [9.17, 15) is 4.79 Å². The minimum absolute atomic E-state index is 0.153. The summed E-state index contributed by atoms with van der Waals surface area (Å²) in [5, 5.41) is 12.1. The Morgan fingerprint density at radius 3 is 3.17 bits per heavy atom. The third-order valence-corrected chi connectivity index (χ3v) is 2.09. The van der Waals surface area contributed by atoms with Crippen molar-refractivity contribution in [2.24, 2.45) is 0 Å². The molecule has 62 valence electrons. The topological polar surface area (TPSA) is 63.3 Å². The second-order valence-corrected chi connectivity index (χ2v) is 3.04. The fourth-order valence-electron chi connectivity index (χ4n) is 0.926. The fourth-order valence-corrected chi connectivity index (χ4v) is 1.58. The van der Waals surface area contributed by atoms with Gasteiger partial charge < -0.3 is 9.52 Å². The van der Waals surface area contributed by atoms with Gasteiger partial charge in [-0.1, -0.05) is 0 Å². The Morgan fingerprint density at radius 1 is 1.67 bits per heavy atom. The number of rotatable bonds is 2. The van der Waals surface area contributed by atoms with E-state index in [1.807, 2.05) is 5.38 Å². The lowest BCUT2D eigenvalue weighted by Crippen LogP contribution is -1.99. The molecule has 2 aromatic rings. The number of aliphatic carboxylic acids is 1. The molecule has 0 unspecified atom stereocenters. The lowest BCUT2D eigenvalue weighted by molar-refractivity contribution is -0.136. The Balaban J connectivity index is 2.38. The molecule has 0 atom stereocenters. The summed E-state index contributed by atoms with van der Waals surface area (Å²) in [6, 6.07) is 0. The normalized spacial score (nSPS) is 10.7. The number of hydrogen-bond donors (Lipinski definition) is 1. The molecule has 0 spiro atoms. The third kappa shape index (κ3) is 1.18. The molecule has 0 aliphatic carbocycles. The highest BCUT2D eigenvalue weighted by atomic mass is 32.1. The lowest BCUT2D eigenvalue weighted by Gasteiger charge is -1.84. The van der Waals surface area contributed by atoms with Crippen LogP contribution >= 0.6 is 11.3 Å². The van der Waals surface area contributed by atoms with Crippen LogP contribution in [0, 0.1) is 0 Å². The maximum absolute atomic E-state index is 10.3. The standard InChI is InChI=1S/C7H5NO3S/c9-7(10)1-6-8-4-2-12-3-5(4)11-6/h2-3H,1H2,(H,9,10). The van der Waals surface area contributed by atoms with Gasteiger partial charge in [0.25, 0.3) is 0 Å². The molecule has 2 rings (SSSR count). The molecule has 2 heterocycles. The Hall–Kier alpha value is -1.36. The average Bonchev–Trinajstić information content (AvgIpc) is 2.43. The van der Waals surface area contributed by atoms with Gasteiger partial charge in [-0.25, -0.2) is 4.98 Å². The second kappa shape index (κ2) is 2.60. The largest absolute Gasteiger partial charge is 0.481 e. The molecular weight excluding hydrogens is 178 g/mol. The van der Waals surface area contributed by atoms with Gasteiger partial charge in [0.05, 0.1) is 0 Å². The first-order valence-electron chi connectivity index (χ1n) is 3.29. The van der Waals surface area contributed by atoms with Gasteiger partial charge in [-0.2, -0.15) is 0 Å². The van der Waals surface area contributed by atoms with Crippen molar-refractivity contribution in [2.45, 2.75) is 6.42 Å². The van der Waals surface area contributed by atoms with Gasteiger partial charge in [0.15, 0.2) is 5.58 Å². The van der Waals surface area contributed by atoms with E-state index in [1.54, 1.807) is 5.38 Å². The van der Waals surface area contributed by atoms with Gasteiger partial charge in [0.1, 0.15) is 11.9 Å². The Labute approximate surface area is 71.5 Å². The summed E-state index contributed by atoms with van der Waals surface area (Å²) in [7, 11) is 0. The highest BCUT2D eigenvalue weighted by Gasteiger charge is 2.09. The molecule has 0 aromatic carbocycles. The highest BCUT2D eigenvalue weighted by Crippen LogP contribution is 2.19. The smallest absolute Gasteiger partial charge is 0.312 e. The molecule has 2 aromatic heterocycles. The van der Waals surface area contributed by atoms with E-state index >= 15 is 0 Å². The van der Waals surface area contributed by atoms with E-state index in [4.69, 9.17) is 9.52 Å². The minimum atomic E-state index is -0.928. The molecule has 0 saturated carbocycles. The molecule has 5 heteroatoms. The Bertz CT molecular complexity index is 388. The van der Waals surface area contributed by atoms with Crippen LogP contribution in [0.15, 0.2) is 15.2 Å². The van der Waals surface area contributed by atoms with E-state index in [1.165, 1.54) is 11.3 Å². The molecule has 0 saturated heterocycles. The highest BCUT2D eigenvalue weighted by molar-refractivity contribution is 7.09. The first kappa shape index (κ1) is 7.30. The van der Waals surface area contributed by atoms with Gasteiger partial charge in [-0.3, -0.25) is 4.79 Å². The van der Waals surface area contributed by atoms with Crippen LogP contribution in [-0.4, -0.2) is 16.1 Å². The van der Waals surface area contributed by atoms with E-state index in [0.717, 1.165) is 5.52 Å². The molecule has 0 radical (unpaired) electrons. The summed E-state index contributed by atoms with van der Waals surface area (Å²) in [5.41, 5.74) is 1.40. The summed E-state index contributed by atoms with van der Waals surface area (Å²) in [6.07, 6.45) is -0.153. The van der Waals surface area contributed by atoms with Crippen molar-refractivity contribution in [1.29, 1.82) is 0 Å². The van der Waals surface area contributed by atoms with Crippen molar-refractivity contribution in [3.63, 3.8) is 0 Å². The first-order chi connectivity index (χ1) is 5.75. The van der Waals surface area contributed by atoms with Gasteiger partial charge >= 0.3 is 5.97 Å². The average molecular weight is 183 g/mol. The van der Waals surface area contributed by atoms with Gasteiger partial charge in [0.2, 0.25) is 5.89 Å². The first-order valence-corrected chi connectivity index (χ1v) is 4.23. The van der Waals surface area contributed by atoms with E-state index in [-0.39, 0.29) is 12.3 Å². The maximum Gasteiger partial charge on any atom is 0.312 e. The molecule has 0 fully saturated rings. The zero-order chi connectivity index (χ0) is 8.55. The Morgan fingerprint density at radius 2 is 2.50 bits per heavy atom. The summed E-state index contributed by atoms with van der Waals surface area (Å²) in [4.78, 5) is 14.2. The number of fused-ring (bicyclic) bond motifs is 1. The summed E-state index contributed by atoms with van der Waals surface area (Å²) >= 11 is 1.48. The number of carboxylic acid groups (broad SMARTS) is 1. The maximum atomic E-state index is 10.3. The number of hydrogen-bond acceptors (Lipinski definition) is 4. The van der Waals surface area contributed by atoms with Crippen LogP contribution in [0.2, 0.25) is 0 Å². The van der Waals surface area contributed by atoms with Crippen molar-refractivity contribution < 1.29 is 14.3 Å². The van der Waals surface area contributed by atoms with Crippen molar-refractivity contribution >= 4 is 28.4 Å². The number of carbonyl (C=O) groups is 1. The van der Waals surface area contributed by atoms with E-state index in [2.05, 4.69) is 4.98 Å². The molecule has 0 bridgehead atoms. The van der Waals surface area contributed by atoms with Gasteiger partial charge in [0, 0.05) is 10.8 Å². The molecular formula is C7H5NO3S. The van der Waals surface area contributed by atoms with Crippen molar-refractivity contribution in [3.05, 3.63) is 16.7 Å². The van der Waals surface area contributed by atoms with Crippen molar-refractivity contribution in [2.75, 3.05) is 0 Å². The van der Waals surface area contributed by atoms with Crippen LogP contribution in [-0.2, 0) is 11.2 Å². The SMILES string of the molecule is O=C(O)Cc1nc2cscc2o1. The zero-order valence-electron chi connectivity index (χ0n) is 5.98. The van der Waals surface area contributed by atoms with Gasteiger partial charge in [-0.05, 0) is 0 Å². The quantitative estimate of drug-likeness (QED) is 0.766. The number of oxazole rings is 1. The monoisotopic (exact) mass is 183 g/mol. The predicted octanol–water partition coefficient (Wildman–Crippen LogP) is 1.52. The summed E-state index contributed by atoms with van der Waals surface area (Å²) in [6.45, 7) is 0. The second-order valence-electron chi connectivity index (χ2n) is 2.30. The molecule has 0 aliphatic heterocycles. The minimum Gasteiger partial charge on any atom is -0.481 e. The van der Waals surface area contributed by atoms with Crippen LogP contribution < -0.4 is 0 Å². The van der Waals surface area contributed by atoms with E-state index < -0.39 is 5.97 Å². The predicted molar refractivity (Wildman–Crippen MR) is 43.2 cm³/mol. The van der Waals surface area contributed by atoms with Gasteiger partial charge in [-0.15, -0.1) is 11.3 Å². The summed E-state index contributed by atoms with van der Waals surface area (Å²) in [5.74, 6) is -0.664. The summed E-state index contributed by atoms with van der Waals surface area (Å²) < 4.78 is 5.14. The fraction of sp³-hybridized carbons (Fsp3) is 0.143. The molecule has 0 aliphatic rings. The van der Waals surface area contributed by atoms with E-state index in [0.29, 0.717) is 5.58 Å². The van der Waals surface area contributed by atoms with Crippen LogP contribution in [0.3, 0.4) is 0 Å². The third-order valence-electron chi connectivity index (χ3n) is 1.38. The molecule has 12 heavy (non-hydrogen) atoms. The number of thiophene rings is 1. The number of carboxylic acids is 1. The van der Waals surface area contributed by atoms with Crippen molar-refractivity contribution in [3.8, 4) is 0 Å².